The number of aliphatic carboxylic acids is 1. The van der Waals surface area contributed by atoms with E-state index in [9.17, 15) is 22.8 Å². The van der Waals surface area contributed by atoms with Crippen LogP contribution in [0.2, 0.25) is 0 Å². The second-order valence-electron chi connectivity index (χ2n) is 4.15. The number of halogens is 3. The molecule has 20 heavy (non-hydrogen) atoms. The summed E-state index contributed by atoms with van der Waals surface area (Å²) in [7, 11) is 0. The van der Waals surface area contributed by atoms with Crippen molar-refractivity contribution in [1.82, 2.24) is 10.6 Å². The maximum atomic E-state index is 11.7. The maximum Gasteiger partial charge on any atom is 0.411 e. The number of alkyl halides is 3. The lowest BCUT2D eigenvalue weighted by Gasteiger charge is -2.16. The van der Waals surface area contributed by atoms with Gasteiger partial charge in [0.1, 0.15) is 6.61 Å². The van der Waals surface area contributed by atoms with Crippen molar-refractivity contribution in [3.05, 3.63) is 0 Å². The molecule has 1 unspecified atom stereocenters. The maximum absolute atomic E-state index is 11.7. The van der Waals surface area contributed by atoms with Crippen molar-refractivity contribution in [3.8, 4) is 0 Å². The lowest BCUT2D eigenvalue weighted by molar-refractivity contribution is -0.173. The van der Waals surface area contributed by atoms with Gasteiger partial charge in [-0.05, 0) is 6.42 Å². The normalized spacial score (nSPS) is 12.8. The summed E-state index contributed by atoms with van der Waals surface area (Å²) in [5, 5.41) is 13.4. The third-order valence-corrected chi connectivity index (χ3v) is 2.19. The molecule has 0 aliphatic rings. The largest absolute Gasteiger partial charge is 0.481 e. The van der Waals surface area contributed by atoms with Crippen LogP contribution in [0.15, 0.2) is 0 Å². The number of urea groups is 1. The molecule has 0 spiro atoms. The third kappa shape index (κ3) is 11.6. The Hall–Kier alpha value is -1.51. The van der Waals surface area contributed by atoms with Crippen LogP contribution in [0.5, 0.6) is 0 Å². The minimum atomic E-state index is -4.39. The van der Waals surface area contributed by atoms with Crippen molar-refractivity contribution in [1.29, 1.82) is 0 Å². The Morgan fingerprint density at radius 3 is 2.50 bits per heavy atom. The summed E-state index contributed by atoms with van der Waals surface area (Å²) in [5.74, 6) is -1.03. The van der Waals surface area contributed by atoms with E-state index in [4.69, 9.17) is 5.11 Å². The lowest BCUT2D eigenvalue weighted by atomic mass is 10.1. The fourth-order valence-corrected chi connectivity index (χ4v) is 1.45. The fourth-order valence-electron chi connectivity index (χ4n) is 1.45. The van der Waals surface area contributed by atoms with E-state index in [1.165, 1.54) is 0 Å². The number of amides is 2. The van der Waals surface area contributed by atoms with Gasteiger partial charge in [-0.1, -0.05) is 13.3 Å². The number of hydrogen-bond acceptors (Lipinski definition) is 3. The molecule has 0 saturated carbocycles. The van der Waals surface area contributed by atoms with Crippen LogP contribution in [-0.4, -0.2) is 49.1 Å². The minimum Gasteiger partial charge on any atom is -0.481 e. The molecule has 0 aromatic carbocycles. The monoisotopic (exact) mass is 300 g/mol. The summed E-state index contributed by atoms with van der Waals surface area (Å²) in [6.07, 6.45) is -3.39. The van der Waals surface area contributed by atoms with Gasteiger partial charge in [0.2, 0.25) is 0 Å². The Kier molecular flexibility index (Phi) is 8.69. The summed E-state index contributed by atoms with van der Waals surface area (Å²) in [5.41, 5.74) is 0. The predicted molar refractivity (Wildman–Crippen MR) is 64.4 cm³/mol. The molecule has 6 nitrogen and oxygen atoms in total. The molecule has 0 fully saturated rings. The van der Waals surface area contributed by atoms with Gasteiger partial charge in [-0.2, -0.15) is 13.2 Å². The Morgan fingerprint density at radius 1 is 1.35 bits per heavy atom. The van der Waals surface area contributed by atoms with Crippen molar-refractivity contribution < 1.29 is 32.6 Å². The first kappa shape index (κ1) is 18.5. The molecule has 2 amide bonds. The molecule has 0 aromatic heterocycles. The zero-order chi connectivity index (χ0) is 15.6. The standard InChI is InChI=1S/C11H19F3N2O4/c1-2-3-8(6-9(17)18)16-10(19)15-4-5-20-7-11(12,13)14/h8H,2-7H2,1H3,(H,17,18)(H2,15,16,19). The van der Waals surface area contributed by atoms with Gasteiger partial charge in [-0.25, -0.2) is 4.79 Å². The molecule has 0 heterocycles. The number of ether oxygens (including phenoxy) is 1. The van der Waals surface area contributed by atoms with Gasteiger partial charge in [0.05, 0.1) is 13.0 Å². The van der Waals surface area contributed by atoms with Crippen molar-refractivity contribution in [3.63, 3.8) is 0 Å². The summed E-state index contributed by atoms with van der Waals surface area (Å²) in [4.78, 5) is 21.9. The first-order chi connectivity index (χ1) is 9.24. The minimum absolute atomic E-state index is 0.0895. The number of carboxylic acid groups (broad SMARTS) is 1. The topological polar surface area (TPSA) is 87.7 Å². The smallest absolute Gasteiger partial charge is 0.411 e. The van der Waals surface area contributed by atoms with Crippen molar-refractivity contribution >= 4 is 12.0 Å². The fraction of sp³-hybridized carbons (Fsp3) is 0.818. The predicted octanol–water partition coefficient (Wildman–Crippen LogP) is 1.51. The molecule has 0 aliphatic carbocycles. The quantitative estimate of drug-likeness (QED) is 0.563. The Morgan fingerprint density at radius 2 is 2.00 bits per heavy atom. The lowest BCUT2D eigenvalue weighted by Crippen LogP contribution is -2.44. The van der Waals surface area contributed by atoms with Crippen LogP contribution < -0.4 is 10.6 Å². The highest BCUT2D eigenvalue weighted by molar-refractivity contribution is 5.75. The highest BCUT2D eigenvalue weighted by Crippen LogP contribution is 2.13. The summed E-state index contributed by atoms with van der Waals surface area (Å²) in [6, 6.07) is -1.13. The molecule has 9 heteroatoms. The highest BCUT2D eigenvalue weighted by atomic mass is 19.4. The van der Waals surface area contributed by atoms with Crippen LogP contribution in [0.25, 0.3) is 0 Å². The van der Waals surface area contributed by atoms with Gasteiger partial charge in [0, 0.05) is 12.6 Å². The van der Waals surface area contributed by atoms with E-state index in [2.05, 4.69) is 15.4 Å². The number of carbonyl (C=O) groups is 2. The molecule has 1 atom stereocenters. The molecule has 118 valence electrons. The Labute approximate surface area is 114 Å². The zero-order valence-corrected chi connectivity index (χ0v) is 11.1. The Bertz CT molecular complexity index is 311. The van der Waals surface area contributed by atoms with Crippen LogP contribution >= 0.6 is 0 Å². The molecular formula is C11H19F3N2O4. The van der Waals surface area contributed by atoms with E-state index in [0.29, 0.717) is 12.8 Å². The van der Waals surface area contributed by atoms with Crippen molar-refractivity contribution in [2.45, 2.75) is 38.4 Å². The summed E-state index contributed by atoms with van der Waals surface area (Å²) >= 11 is 0. The van der Waals surface area contributed by atoms with Gasteiger partial charge in [-0.3, -0.25) is 4.79 Å². The van der Waals surface area contributed by atoms with Crippen molar-refractivity contribution in [2.75, 3.05) is 19.8 Å². The molecular weight excluding hydrogens is 281 g/mol. The highest BCUT2D eigenvalue weighted by Gasteiger charge is 2.27. The third-order valence-electron chi connectivity index (χ3n) is 2.19. The number of carboxylic acids is 1. The van der Waals surface area contributed by atoms with E-state index >= 15 is 0 Å². The summed E-state index contributed by atoms with van der Waals surface area (Å²) < 4.78 is 39.5. The molecule has 0 bridgehead atoms. The number of hydrogen-bond donors (Lipinski definition) is 3. The van der Waals surface area contributed by atoms with Gasteiger partial charge in [0.15, 0.2) is 0 Å². The van der Waals surface area contributed by atoms with Gasteiger partial charge >= 0.3 is 18.2 Å². The van der Waals surface area contributed by atoms with E-state index in [1.807, 2.05) is 6.92 Å². The van der Waals surface area contributed by atoms with Crippen LogP contribution in [0.3, 0.4) is 0 Å². The molecule has 0 aromatic rings. The first-order valence-corrected chi connectivity index (χ1v) is 6.15. The number of carbonyl (C=O) groups excluding carboxylic acids is 1. The molecule has 0 aliphatic heterocycles. The molecule has 0 rings (SSSR count). The SMILES string of the molecule is CCCC(CC(=O)O)NC(=O)NCCOCC(F)(F)F. The average Bonchev–Trinajstić information content (AvgIpc) is 2.26. The van der Waals surface area contributed by atoms with Crippen LogP contribution in [0.1, 0.15) is 26.2 Å². The van der Waals surface area contributed by atoms with Crippen molar-refractivity contribution in [2.24, 2.45) is 0 Å². The van der Waals surface area contributed by atoms with Gasteiger partial charge < -0.3 is 20.5 Å². The number of nitrogens with one attached hydrogen (secondary N) is 2. The van der Waals surface area contributed by atoms with Crippen LogP contribution in [0, 0.1) is 0 Å². The van der Waals surface area contributed by atoms with E-state index in [0.717, 1.165) is 0 Å². The van der Waals surface area contributed by atoms with E-state index in [-0.39, 0.29) is 19.6 Å². The number of rotatable bonds is 9. The zero-order valence-electron chi connectivity index (χ0n) is 11.1. The van der Waals surface area contributed by atoms with Crippen LogP contribution in [-0.2, 0) is 9.53 Å². The second kappa shape index (κ2) is 9.40. The van der Waals surface area contributed by atoms with Crippen LogP contribution in [0.4, 0.5) is 18.0 Å². The molecule has 0 radical (unpaired) electrons. The van der Waals surface area contributed by atoms with Gasteiger partial charge in [-0.15, -0.1) is 0 Å². The molecule has 3 N–H and O–H groups in total. The average molecular weight is 300 g/mol. The first-order valence-electron chi connectivity index (χ1n) is 6.15. The van der Waals surface area contributed by atoms with Gasteiger partial charge in [0.25, 0.3) is 0 Å². The van der Waals surface area contributed by atoms with E-state index < -0.39 is 30.8 Å². The van der Waals surface area contributed by atoms with E-state index in [1.54, 1.807) is 0 Å². The summed E-state index contributed by atoms with van der Waals surface area (Å²) in [6.45, 7) is 0.116. The molecule has 0 saturated heterocycles. The Balaban J connectivity index is 3.82. The second-order valence-corrected chi connectivity index (χ2v) is 4.15.